The van der Waals surface area contributed by atoms with E-state index in [-0.39, 0.29) is 12.1 Å². The summed E-state index contributed by atoms with van der Waals surface area (Å²) in [5.41, 5.74) is 5.36. The fourth-order valence-electron chi connectivity index (χ4n) is 1.36. The normalized spacial score (nSPS) is 27.2. The number of hydrogen-bond acceptors (Lipinski definition) is 4. The van der Waals surface area contributed by atoms with Crippen molar-refractivity contribution in [3.8, 4) is 0 Å². The summed E-state index contributed by atoms with van der Waals surface area (Å²) in [4.78, 5) is 11.4. The van der Waals surface area contributed by atoms with Gasteiger partial charge in [-0.1, -0.05) is 0 Å². The number of alkyl carbamates (subject to hydrolysis) is 1. The molecule has 0 aromatic rings. The second-order valence-corrected chi connectivity index (χ2v) is 4.78. The molecule has 3 N–H and O–H groups in total. The largest absolute Gasteiger partial charge is 0.444 e. The van der Waals surface area contributed by atoms with Crippen LogP contribution in [0, 0.1) is 0 Å². The second-order valence-electron chi connectivity index (χ2n) is 4.78. The first-order valence-electron chi connectivity index (χ1n) is 5.21. The van der Waals surface area contributed by atoms with Crippen LogP contribution in [0.4, 0.5) is 4.79 Å². The molecule has 5 heteroatoms. The maximum Gasteiger partial charge on any atom is 0.408 e. The van der Waals surface area contributed by atoms with E-state index in [1.54, 1.807) is 0 Å². The Bertz CT molecular complexity index is 225. The zero-order chi connectivity index (χ0) is 11.5. The van der Waals surface area contributed by atoms with Crippen molar-refractivity contribution in [3.05, 3.63) is 0 Å². The number of rotatable bonds is 1. The van der Waals surface area contributed by atoms with Crippen molar-refractivity contribution in [2.24, 2.45) is 5.73 Å². The van der Waals surface area contributed by atoms with Gasteiger partial charge in [0, 0.05) is 12.6 Å². The number of ether oxygens (including phenoxy) is 2. The van der Waals surface area contributed by atoms with Gasteiger partial charge in [-0.15, -0.1) is 0 Å². The highest BCUT2D eigenvalue weighted by molar-refractivity contribution is 5.68. The number of nitrogens with two attached hydrogens (primary N) is 1. The Hall–Kier alpha value is -0.810. The van der Waals surface area contributed by atoms with Crippen LogP contribution in [-0.4, -0.2) is 37.0 Å². The van der Waals surface area contributed by atoms with Crippen LogP contribution in [0.1, 0.15) is 27.2 Å². The number of hydrogen-bond donors (Lipinski definition) is 2. The van der Waals surface area contributed by atoms with E-state index in [0.717, 1.165) is 6.42 Å². The summed E-state index contributed by atoms with van der Waals surface area (Å²) >= 11 is 0. The van der Waals surface area contributed by atoms with E-state index in [1.807, 2.05) is 20.8 Å². The van der Waals surface area contributed by atoms with Crippen molar-refractivity contribution in [2.45, 2.75) is 44.9 Å². The fraction of sp³-hybridized carbons (Fsp3) is 0.900. The van der Waals surface area contributed by atoms with E-state index in [9.17, 15) is 4.79 Å². The summed E-state index contributed by atoms with van der Waals surface area (Å²) in [6, 6.07) is -0.195. The van der Waals surface area contributed by atoms with Gasteiger partial charge in [0.1, 0.15) is 5.60 Å². The Balaban J connectivity index is 2.36. The van der Waals surface area contributed by atoms with E-state index >= 15 is 0 Å². The first kappa shape index (κ1) is 12.3. The average molecular weight is 216 g/mol. The minimum atomic E-state index is -0.482. The number of carbonyl (C=O) groups excluding carboxylic acids is 1. The summed E-state index contributed by atoms with van der Waals surface area (Å²) < 4.78 is 10.4. The lowest BCUT2D eigenvalue weighted by Gasteiger charge is -2.30. The molecule has 88 valence electrons. The smallest absolute Gasteiger partial charge is 0.408 e. The van der Waals surface area contributed by atoms with Crippen molar-refractivity contribution >= 4 is 6.09 Å². The SMILES string of the molecule is CC(C)(C)OC(=O)N[C@H]1COCCC1N. The Labute approximate surface area is 90.3 Å². The number of nitrogens with one attached hydrogen (secondary N) is 1. The Morgan fingerprint density at radius 1 is 1.53 bits per heavy atom. The molecule has 1 fully saturated rings. The van der Waals surface area contributed by atoms with Gasteiger partial charge in [-0.25, -0.2) is 4.79 Å². The van der Waals surface area contributed by atoms with E-state index in [2.05, 4.69) is 5.32 Å². The second kappa shape index (κ2) is 4.81. The molecule has 0 radical (unpaired) electrons. The molecule has 0 saturated carbocycles. The van der Waals surface area contributed by atoms with Crippen molar-refractivity contribution in [1.82, 2.24) is 5.32 Å². The molecule has 0 aromatic heterocycles. The molecule has 1 heterocycles. The van der Waals surface area contributed by atoms with Gasteiger partial charge in [-0.05, 0) is 27.2 Å². The summed E-state index contributed by atoms with van der Waals surface area (Å²) in [6.45, 7) is 6.59. The molecule has 1 aliphatic rings. The molecular weight excluding hydrogens is 196 g/mol. The molecule has 15 heavy (non-hydrogen) atoms. The highest BCUT2D eigenvalue weighted by atomic mass is 16.6. The maximum atomic E-state index is 11.4. The highest BCUT2D eigenvalue weighted by Crippen LogP contribution is 2.09. The summed E-state index contributed by atoms with van der Waals surface area (Å²) in [6.07, 6.45) is 0.328. The molecule has 0 aromatic carbocycles. The van der Waals surface area contributed by atoms with Crippen LogP contribution >= 0.6 is 0 Å². The third kappa shape index (κ3) is 4.48. The van der Waals surface area contributed by atoms with Gasteiger partial charge in [-0.2, -0.15) is 0 Å². The summed E-state index contributed by atoms with van der Waals surface area (Å²) in [7, 11) is 0. The quantitative estimate of drug-likeness (QED) is 0.674. The topological polar surface area (TPSA) is 73.6 Å². The van der Waals surface area contributed by atoms with E-state index < -0.39 is 11.7 Å². The molecule has 0 aliphatic carbocycles. The molecule has 1 aliphatic heterocycles. The number of carbonyl (C=O) groups is 1. The van der Waals surface area contributed by atoms with Crippen molar-refractivity contribution < 1.29 is 14.3 Å². The first-order valence-corrected chi connectivity index (χ1v) is 5.21. The average Bonchev–Trinajstić information content (AvgIpc) is 2.05. The van der Waals surface area contributed by atoms with Crippen LogP contribution in [0.5, 0.6) is 0 Å². The third-order valence-electron chi connectivity index (χ3n) is 2.11. The van der Waals surface area contributed by atoms with Crippen LogP contribution in [0.15, 0.2) is 0 Å². The van der Waals surface area contributed by atoms with E-state index in [4.69, 9.17) is 15.2 Å². The molecule has 1 saturated heterocycles. The highest BCUT2D eigenvalue weighted by Gasteiger charge is 2.26. The van der Waals surface area contributed by atoms with E-state index in [1.165, 1.54) is 0 Å². The molecule has 1 unspecified atom stereocenters. The molecule has 1 amide bonds. The van der Waals surface area contributed by atoms with Crippen LogP contribution in [0.2, 0.25) is 0 Å². The van der Waals surface area contributed by atoms with Crippen LogP contribution in [-0.2, 0) is 9.47 Å². The van der Waals surface area contributed by atoms with Gasteiger partial charge in [0.2, 0.25) is 0 Å². The number of amides is 1. The molecule has 0 bridgehead atoms. The van der Waals surface area contributed by atoms with Crippen molar-refractivity contribution in [3.63, 3.8) is 0 Å². The molecule has 5 nitrogen and oxygen atoms in total. The minimum absolute atomic E-state index is 0.0498. The molecule has 2 atom stereocenters. The van der Waals surface area contributed by atoms with E-state index in [0.29, 0.717) is 13.2 Å². The monoisotopic (exact) mass is 216 g/mol. The van der Waals surface area contributed by atoms with Gasteiger partial charge in [-0.3, -0.25) is 0 Å². The fourth-order valence-corrected chi connectivity index (χ4v) is 1.36. The minimum Gasteiger partial charge on any atom is -0.444 e. The lowest BCUT2D eigenvalue weighted by Crippen LogP contribution is -2.54. The van der Waals surface area contributed by atoms with Crippen LogP contribution < -0.4 is 11.1 Å². The first-order chi connectivity index (χ1) is 6.88. The van der Waals surface area contributed by atoms with Gasteiger partial charge in [0.05, 0.1) is 12.6 Å². The van der Waals surface area contributed by atoms with Gasteiger partial charge in [0.25, 0.3) is 0 Å². The van der Waals surface area contributed by atoms with Gasteiger partial charge in [0.15, 0.2) is 0 Å². The lowest BCUT2D eigenvalue weighted by molar-refractivity contribution is 0.0299. The maximum absolute atomic E-state index is 11.4. The zero-order valence-corrected chi connectivity index (χ0v) is 9.58. The lowest BCUT2D eigenvalue weighted by atomic mass is 10.1. The van der Waals surface area contributed by atoms with Crippen LogP contribution in [0.25, 0.3) is 0 Å². The molecule has 0 spiro atoms. The van der Waals surface area contributed by atoms with Crippen molar-refractivity contribution in [1.29, 1.82) is 0 Å². The predicted molar refractivity (Wildman–Crippen MR) is 56.6 cm³/mol. The summed E-state index contributed by atoms with van der Waals surface area (Å²) in [5, 5.41) is 2.71. The van der Waals surface area contributed by atoms with Gasteiger partial charge < -0.3 is 20.5 Å². The molecule has 1 rings (SSSR count). The van der Waals surface area contributed by atoms with Gasteiger partial charge >= 0.3 is 6.09 Å². The predicted octanol–water partition coefficient (Wildman–Crippen LogP) is 0.627. The Kier molecular flexibility index (Phi) is 3.93. The Morgan fingerprint density at radius 2 is 2.20 bits per heavy atom. The standard InChI is InChI=1S/C10H20N2O3/c1-10(2,3)15-9(13)12-8-6-14-5-4-7(8)11/h7-8H,4-6,11H2,1-3H3,(H,12,13)/t7?,8-/m0/s1. The summed E-state index contributed by atoms with van der Waals surface area (Å²) in [5.74, 6) is 0. The zero-order valence-electron chi connectivity index (χ0n) is 9.58. The Morgan fingerprint density at radius 3 is 2.73 bits per heavy atom. The molecular formula is C10H20N2O3. The van der Waals surface area contributed by atoms with Crippen LogP contribution in [0.3, 0.4) is 0 Å². The third-order valence-corrected chi connectivity index (χ3v) is 2.11. The van der Waals surface area contributed by atoms with Crippen molar-refractivity contribution in [2.75, 3.05) is 13.2 Å².